The second-order valence-corrected chi connectivity index (χ2v) is 7.26. The van der Waals surface area contributed by atoms with Gasteiger partial charge in [-0.1, -0.05) is 18.6 Å². The van der Waals surface area contributed by atoms with E-state index in [2.05, 4.69) is 30.5 Å². The second-order valence-electron chi connectivity index (χ2n) is 7.26. The number of hydrogen-bond acceptors (Lipinski definition) is 2. The van der Waals surface area contributed by atoms with Gasteiger partial charge in [0.2, 0.25) is 0 Å². The zero-order valence-corrected chi connectivity index (χ0v) is 14.4. The monoisotopic (exact) mass is 316 g/mol. The minimum absolute atomic E-state index is 0.134. The molecule has 2 aliphatic rings. The number of rotatable bonds is 5. The van der Waals surface area contributed by atoms with Gasteiger partial charge in [-0.25, -0.2) is 4.79 Å². The van der Waals surface area contributed by atoms with Crippen LogP contribution in [0.25, 0.3) is 0 Å². The van der Waals surface area contributed by atoms with Gasteiger partial charge in [-0.05, 0) is 75.0 Å². The van der Waals surface area contributed by atoms with Crippen molar-refractivity contribution in [2.75, 3.05) is 6.73 Å². The minimum atomic E-state index is -0.134. The van der Waals surface area contributed by atoms with Crippen molar-refractivity contribution in [1.29, 1.82) is 0 Å². The Bertz CT molecular complexity index is 572. The number of urea groups is 1. The average Bonchev–Trinajstić information content (AvgIpc) is 3.14. The summed E-state index contributed by atoms with van der Waals surface area (Å²) in [7, 11) is 0. The third kappa shape index (κ3) is 3.62. The molecule has 0 heterocycles. The Morgan fingerprint density at radius 1 is 1.30 bits per heavy atom. The molecule has 2 bridgehead atoms. The molecular weight excluding hydrogens is 288 g/mol. The highest BCUT2D eigenvalue weighted by Gasteiger charge is 2.42. The highest BCUT2D eigenvalue weighted by molar-refractivity contribution is 5.74. The van der Waals surface area contributed by atoms with Crippen LogP contribution in [0.1, 0.15) is 43.7 Å². The molecule has 4 atom stereocenters. The number of hydrogen-bond donors (Lipinski definition) is 2. The normalized spacial score (nSPS) is 26.8. The number of ether oxygens (including phenoxy) is 1. The molecule has 0 aromatic heterocycles. The SMILES string of the molecule is Cc1cccc(OCNC(=O)NC(C)C2CC3CCC2C3)c1C. The van der Waals surface area contributed by atoms with Crippen molar-refractivity contribution in [2.45, 2.75) is 52.5 Å². The van der Waals surface area contributed by atoms with Gasteiger partial charge in [-0.15, -0.1) is 0 Å². The molecule has 2 amide bonds. The molecule has 2 N–H and O–H groups in total. The Morgan fingerprint density at radius 3 is 2.83 bits per heavy atom. The number of nitrogens with one attached hydrogen (secondary N) is 2. The number of carbonyl (C=O) groups is 1. The summed E-state index contributed by atoms with van der Waals surface area (Å²) in [5, 5.41) is 5.89. The van der Waals surface area contributed by atoms with Gasteiger partial charge >= 0.3 is 6.03 Å². The molecule has 4 heteroatoms. The third-order valence-electron chi connectivity index (χ3n) is 5.81. The Kier molecular flexibility index (Phi) is 4.79. The molecule has 3 rings (SSSR count). The van der Waals surface area contributed by atoms with Crippen LogP contribution in [0.3, 0.4) is 0 Å². The topological polar surface area (TPSA) is 50.4 Å². The van der Waals surface area contributed by atoms with Crippen LogP contribution in [-0.4, -0.2) is 18.8 Å². The van der Waals surface area contributed by atoms with E-state index in [4.69, 9.17) is 4.74 Å². The predicted octanol–water partition coefficient (Wildman–Crippen LogP) is 3.76. The van der Waals surface area contributed by atoms with E-state index in [0.717, 1.165) is 23.1 Å². The number of benzene rings is 1. The molecule has 23 heavy (non-hydrogen) atoms. The van der Waals surface area contributed by atoms with E-state index in [9.17, 15) is 4.79 Å². The average molecular weight is 316 g/mol. The molecule has 126 valence electrons. The van der Waals surface area contributed by atoms with Crippen molar-refractivity contribution in [3.63, 3.8) is 0 Å². The summed E-state index contributed by atoms with van der Waals surface area (Å²) >= 11 is 0. The number of amides is 2. The van der Waals surface area contributed by atoms with Crippen LogP contribution in [0.5, 0.6) is 5.75 Å². The molecule has 4 unspecified atom stereocenters. The standard InChI is InChI=1S/C19H28N2O2/c1-12-5-4-6-18(13(12)2)23-11-20-19(22)21-14(3)17-10-15-7-8-16(17)9-15/h4-6,14-17H,7-11H2,1-3H3,(H2,20,21,22). The van der Waals surface area contributed by atoms with Gasteiger partial charge in [0.1, 0.15) is 5.75 Å². The Labute approximate surface area is 139 Å². The zero-order chi connectivity index (χ0) is 16.4. The lowest BCUT2D eigenvalue weighted by Crippen LogP contribution is -2.46. The molecule has 2 aliphatic carbocycles. The smallest absolute Gasteiger partial charge is 0.317 e. The summed E-state index contributed by atoms with van der Waals surface area (Å²) in [6, 6.07) is 6.06. The zero-order valence-electron chi connectivity index (χ0n) is 14.4. The summed E-state index contributed by atoms with van der Waals surface area (Å²) in [5.41, 5.74) is 2.31. The van der Waals surface area contributed by atoms with E-state index >= 15 is 0 Å². The lowest BCUT2D eigenvalue weighted by Gasteiger charge is -2.28. The molecule has 0 saturated heterocycles. The van der Waals surface area contributed by atoms with Gasteiger partial charge < -0.3 is 15.4 Å². The van der Waals surface area contributed by atoms with Crippen molar-refractivity contribution in [3.05, 3.63) is 29.3 Å². The van der Waals surface area contributed by atoms with E-state index in [-0.39, 0.29) is 18.8 Å². The van der Waals surface area contributed by atoms with Gasteiger partial charge in [0.05, 0.1) is 0 Å². The van der Waals surface area contributed by atoms with Crippen molar-refractivity contribution in [1.82, 2.24) is 10.6 Å². The van der Waals surface area contributed by atoms with Crippen LogP contribution >= 0.6 is 0 Å². The van der Waals surface area contributed by atoms with Crippen molar-refractivity contribution in [2.24, 2.45) is 17.8 Å². The highest BCUT2D eigenvalue weighted by Crippen LogP contribution is 2.49. The van der Waals surface area contributed by atoms with Crippen LogP contribution in [0.4, 0.5) is 4.79 Å². The first kappa shape index (κ1) is 16.2. The molecule has 1 aromatic carbocycles. The van der Waals surface area contributed by atoms with Gasteiger partial charge in [-0.3, -0.25) is 0 Å². The Hall–Kier alpha value is -1.71. The number of aryl methyl sites for hydroxylation is 1. The summed E-state index contributed by atoms with van der Waals surface area (Å²) < 4.78 is 5.67. The molecule has 2 saturated carbocycles. The van der Waals surface area contributed by atoms with Crippen molar-refractivity contribution < 1.29 is 9.53 Å². The summed E-state index contributed by atoms with van der Waals surface area (Å²) in [6.45, 7) is 6.41. The van der Waals surface area contributed by atoms with E-state index in [1.165, 1.54) is 31.2 Å². The fraction of sp³-hybridized carbons (Fsp3) is 0.632. The van der Waals surface area contributed by atoms with Crippen molar-refractivity contribution >= 4 is 6.03 Å². The summed E-state index contributed by atoms with van der Waals surface area (Å²) in [6.07, 6.45) is 5.39. The molecule has 0 spiro atoms. The first-order valence-electron chi connectivity index (χ1n) is 8.78. The fourth-order valence-electron chi connectivity index (χ4n) is 4.33. The lowest BCUT2D eigenvalue weighted by molar-refractivity contribution is 0.207. The molecule has 2 fully saturated rings. The minimum Gasteiger partial charge on any atom is -0.473 e. The van der Waals surface area contributed by atoms with Crippen LogP contribution in [0.15, 0.2) is 18.2 Å². The van der Waals surface area contributed by atoms with Gasteiger partial charge in [0.15, 0.2) is 6.73 Å². The van der Waals surface area contributed by atoms with E-state index in [1.54, 1.807) is 0 Å². The van der Waals surface area contributed by atoms with Crippen LogP contribution < -0.4 is 15.4 Å². The maximum absolute atomic E-state index is 12.1. The van der Waals surface area contributed by atoms with Crippen LogP contribution in [0, 0.1) is 31.6 Å². The maximum atomic E-state index is 12.1. The molecule has 0 radical (unpaired) electrons. The summed E-state index contributed by atoms with van der Waals surface area (Å²) in [5.74, 6) is 3.21. The molecule has 4 nitrogen and oxygen atoms in total. The predicted molar refractivity (Wildman–Crippen MR) is 91.5 cm³/mol. The lowest BCUT2D eigenvalue weighted by atomic mass is 9.84. The van der Waals surface area contributed by atoms with E-state index in [0.29, 0.717) is 5.92 Å². The first-order chi connectivity index (χ1) is 11.0. The first-order valence-corrected chi connectivity index (χ1v) is 8.78. The quantitative estimate of drug-likeness (QED) is 0.813. The summed E-state index contributed by atoms with van der Waals surface area (Å²) in [4.78, 5) is 12.1. The van der Waals surface area contributed by atoms with E-state index < -0.39 is 0 Å². The van der Waals surface area contributed by atoms with Crippen LogP contribution in [0.2, 0.25) is 0 Å². The van der Waals surface area contributed by atoms with E-state index in [1.807, 2.05) is 19.1 Å². The fourth-order valence-corrected chi connectivity index (χ4v) is 4.33. The van der Waals surface area contributed by atoms with Gasteiger partial charge in [0.25, 0.3) is 0 Å². The van der Waals surface area contributed by atoms with Gasteiger partial charge in [0, 0.05) is 6.04 Å². The van der Waals surface area contributed by atoms with Crippen LogP contribution in [-0.2, 0) is 0 Å². The third-order valence-corrected chi connectivity index (χ3v) is 5.81. The van der Waals surface area contributed by atoms with Crippen molar-refractivity contribution in [3.8, 4) is 5.75 Å². The second kappa shape index (κ2) is 6.81. The Balaban J connectivity index is 1.42. The number of carbonyl (C=O) groups excluding carboxylic acids is 1. The molecular formula is C19H28N2O2. The molecule has 0 aliphatic heterocycles. The highest BCUT2D eigenvalue weighted by atomic mass is 16.5. The molecule has 1 aromatic rings. The van der Waals surface area contributed by atoms with Gasteiger partial charge in [-0.2, -0.15) is 0 Å². The Morgan fingerprint density at radius 2 is 2.13 bits per heavy atom. The number of fused-ring (bicyclic) bond motifs is 2. The maximum Gasteiger partial charge on any atom is 0.317 e. The largest absolute Gasteiger partial charge is 0.473 e.